The van der Waals surface area contributed by atoms with Crippen LogP contribution in [0.25, 0.3) is 0 Å². The van der Waals surface area contributed by atoms with Gasteiger partial charge in [-0.2, -0.15) is 0 Å². The average molecular weight is 296 g/mol. The van der Waals surface area contributed by atoms with Crippen LogP contribution in [0.15, 0.2) is 0 Å². The molecule has 1 amide bonds. The third-order valence-corrected chi connectivity index (χ3v) is 5.28. The Bertz CT molecular complexity index is 327. The van der Waals surface area contributed by atoms with Gasteiger partial charge in [0, 0.05) is 25.6 Å². The fraction of sp³-hybridized carbons (Fsp3) is 0.941. The highest BCUT2D eigenvalue weighted by atomic mass is 16.3. The van der Waals surface area contributed by atoms with Crippen molar-refractivity contribution in [3.63, 3.8) is 0 Å². The van der Waals surface area contributed by atoms with E-state index in [1.54, 1.807) is 0 Å². The third kappa shape index (κ3) is 4.68. The van der Waals surface area contributed by atoms with Crippen LogP contribution in [0.3, 0.4) is 0 Å². The van der Waals surface area contributed by atoms with Crippen LogP contribution in [0.1, 0.15) is 58.8 Å². The van der Waals surface area contributed by atoms with E-state index in [0.29, 0.717) is 24.9 Å². The van der Waals surface area contributed by atoms with Crippen molar-refractivity contribution in [2.24, 2.45) is 11.8 Å². The fourth-order valence-electron chi connectivity index (χ4n) is 3.69. The van der Waals surface area contributed by atoms with Gasteiger partial charge < -0.3 is 15.3 Å². The van der Waals surface area contributed by atoms with Gasteiger partial charge in [0.15, 0.2) is 0 Å². The predicted octanol–water partition coefficient (Wildman–Crippen LogP) is 2.16. The van der Waals surface area contributed by atoms with Crippen molar-refractivity contribution in [3.05, 3.63) is 0 Å². The standard InChI is InChI=1S/C17H32N2O2/c1-13(2)16-11-19(15(12-20)10-18-16)17(21)9-8-14-6-4-3-5-7-14/h13-16,18,20H,3-12H2,1-2H3. The molecule has 2 fully saturated rings. The van der Waals surface area contributed by atoms with E-state index in [0.717, 1.165) is 18.9 Å². The summed E-state index contributed by atoms with van der Waals surface area (Å²) in [5.41, 5.74) is 0. The molecule has 2 N–H and O–H groups in total. The summed E-state index contributed by atoms with van der Waals surface area (Å²) in [4.78, 5) is 14.5. The third-order valence-electron chi connectivity index (χ3n) is 5.28. The number of hydrogen-bond donors (Lipinski definition) is 2. The molecule has 2 rings (SSSR count). The largest absolute Gasteiger partial charge is 0.394 e. The molecule has 0 spiro atoms. The molecule has 2 atom stereocenters. The molecular weight excluding hydrogens is 264 g/mol. The molecule has 122 valence electrons. The molecule has 1 aliphatic heterocycles. The second kappa shape index (κ2) is 8.14. The molecule has 0 aromatic carbocycles. The number of amides is 1. The van der Waals surface area contributed by atoms with Gasteiger partial charge in [-0.3, -0.25) is 4.79 Å². The number of rotatable bonds is 5. The van der Waals surface area contributed by atoms with E-state index in [4.69, 9.17) is 0 Å². The first kappa shape index (κ1) is 16.8. The van der Waals surface area contributed by atoms with Crippen LogP contribution in [0.5, 0.6) is 0 Å². The Morgan fingerprint density at radius 3 is 2.62 bits per heavy atom. The van der Waals surface area contributed by atoms with Crippen molar-refractivity contribution in [1.29, 1.82) is 0 Å². The Morgan fingerprint density at radius 1 is 1.29 bits per heavy atom. The molecule has 21 heavy (non-hydrogen) atoms. The number of aliphatic hydroxyl groups excluding tert-OH is 1. The average Bonchev–Trinajstić information content (AvgIpc) is 2.52. The second-order valence-corrected chi connectivity index (χ2v) is 7.18. The van der Waals surface area contributed by atoms with Crippen molar-refractivity contribution in [2.45, 2.75) is 70.9 Å². The molecule has 4 heteroatoms. The molecule has 1 aliphatic carbocycles. The van der Waals surface area contributed by atoms with E-state index >= 15 is 0 Å². The lowest BCUT2D eigenvalue weighted by Crippen LogP contribution is -2.60. The van der Waals surface area contributed by atoms with Gasteiger partial charge in [-0.25, -0.2) is 0 Å². The highest BCUT2D eigenvalue weighted by Gasteiger charge is 2.32. The van der Waals surface area contributed by atoms with Gasteiger partial charge in [0.25, 0.3) is 0 Å². The highest BCUT2D eigenvalue weighted by Crippen LogP contribution is 2.27. The van der Waals surface area contributed by atoms with Crippen LogP contribution in [0, 0.1) is 11.8 Å². The molecule has 1 heterocycles. The SMILES string of the molecule is CC(C)C1CN(C(=O)CCC2CCCCC2)C(CO)CN1. The number of nitrogens with one attached hydrogen (secondary N) is 1. The van der Waals surface area contributed by atoms with Gasteiger partial charge in [0.1, 0.15) is 0 Å². The number of aliphatic hydroxyl groups is 1. The first-order valence-electron chi connectivity index (χ1n) is 8.75. The summed E-state index contributed by atoms with van der Waals surface area (Å²) < 4.78 is 0. The number of carbonyl (C=O) groups excluding carboxylic acids is 1. The smallest absolute Gasteiger partial charge is 0.223 e. The molecule has 2 aliphatic rings. The van der Waals surface area contributed by atoms with Gasteiger partial charge in [-0.05, 0) is 18.3 Å². The Hall–Kier alpha value is -0.610. The molecular formula is C17H32N2O2. The predicted molar refractivity (Wildman–Crippen MR) is 85.0 cm³/mol. The Balaban J connectivity index is 1.84. The van der Waals surface area contributed by atoms with Crippen molar-refractivity contribution < 1.29 is 9.90 Å². The second-order valence-electron chi connectivity index (χ2n) is 7.18. The van der Waals surface area contributed by atoms with Crippen LogP contribution in [0.4, 0.5) is 0 Å². The molecule has 0 aromatic heterocycles. The summed E-state index contributed by atoms with van der Waals surface area (Å²) >= 11 is 0. The van der Waals surface area contributed by atoms with E-state index < -0.39 is 0 Å². The number of nitrogens with zero attached hydrogens (tertiary/aromatic N) is 1. The zero-order valence-corrected chi connectivity index (χ0v) is 13.7. The molecule has 0 bridgehead atoms. The van der Waals surface area contributed by atoms with Crippen molar-refractivity contribution in [1.82, 2.24) is 10.2 Å². The van der Waals surface area contributed by atoms with Gasteiger partial charge >= 0.3 is 0 Å². The minimum atomic E-state index is -0.0427. The van der Waals surface area contributed by atoms with Crippen molar-refractivity contribution >= 4 is 5.91 Å². The van der Waals surface area contributed by atoms with Crippen LogP contribution in [0.2, 0.25) is 0 Å². The fourth-order valence-corrected chi connectivity index (χ4v) is 3.69. The zero-order chi connectivity index (χ0) is 15.2. The van der Waals surface area contributed by atoms with Crippen molar-refractivity contribution in [2.75, 3.05) is 19.7 Å². The van der Waals surface area contributed by atoms with Gasteiger partial charge in [0.2, 0.25) is 5.91 Å². The van der Waals surface area contributed by atoms with Crippen molar-refractivity contribution in [3.8, 4) is 0 Å². The Kier molecular flexibility index (Phi) is 6.49. The molecule has 1 saturated heterocycles. The summed E-state index contributed by atoms with van der Waals surface area (Å²) in [6, 6.07) is 0.310. The lowest BCUT2D eigenvalue weighted by atomic mass is 9.86. The quantitative estimate of drug-likeness (QED) is 0.817. The van der Waals surface area contributed by atoms with E-state index in [1.165, 1.54) is 32.1 Å². The maximum absolute atomic E-state index is 12.6. The van der Waals surface area contributed by atoms with E-state index in [2.05, 4.69) is 19.2 Å². The minimum Gasteiger partial charge on any atom is -0.394 e. The van der Waals surface area contributed by atoms with Gasteiger partial charge in [-0.1, -0.05) is 46.0 Å². The molecule has 0 aromatic rings. The first-order chi connectivity index (χ1) is 10.1. The maximum Gasteiger partial charge on any atom is 0.223 e. The van der Waals surface area contributed by atoms with E-state index in [-0.39, 0.29) is 18.6 Å². The summed E-state index contributed by atoms with van der Waals surface area (Å²) in [5, 5.41) is 13.0. The lowest BCUT2D eigenvalue weighted by molar-refractivity contribution is -0.137. The number of piperazine rings is 1. The molecule has 4 nitrogen and oxygen atoms in total. The van der Waals surface area contributed by atoms with Crippen LogP contribution in [-0.2, 0) is 4.79 Å². The lowest BCUT2D eigenvalue weighted by Gasteiger charge is -2.41. The van der Waals surface area contributed by atoms with Crippen LogP contribution < -0.4 is 5.32 Å². The summed E-state index contributed by atoms with van der Waals surface area (Å²) in [6.45, 7) is 5.89. The van der Waals surface area contributed by atoms with Crippen LogP contribution >= 0.6 is 0 Å². The van der Waals surface area contributed by atoms with E-state index in [9.17, 15) is 9.90 Å². The zero-order valence-electron chi connectivity index (χ0n) is 13.7. The number of carbonyl (C=O) groups is 1. The van der Waals surface area contributed by atoms with Gasteiger partial charge in [0.05, 0.1) is 12.6 Å². The molecule has 1 saturated carbocycles. The molecule has 2 unspecified atom stereocenters. The Morgan fingerprint density at radius 2 is 2.00 bits per heavy atom. The monoisotopic (exact) mass is 296 g/mol. The topological polar surface area (TPSA) is 52.6 Å². The molecule has 0 radical (unpaired) electrons. The number of hydrogen-bond acceptors (Lipinski definition) is 3. The summed E-state index contributed by atoms with van der Waals surface area (Å²) in [5.74, 6) is 1.50. The highest BCUT2D eigenvalue weighted by molar-refractivity contribution is 5.76. The Labute approximate surface area is 129 Å². The minimum absolute atomic E-state index is 0.0427. The van der Waals surface area contributed by atoms with E-state index in [1.807, 2.05) is 4.90 Å². The maximum atomic E-state index is 12.6. The van der Waals surface area contributed by atoms with Crippen LogP contribution in [-0.4, -0.2) is 47.7 Å². The normalized spacial score (nSPS) is 28.1. The van der Waals surface area contributed by atoms with Gasteiger partial charge in [-0.15, -0.1) is 0 Å². The summed E-state index contributed by atoms with van der Waals surface area (Å²) in [6.07, 6.45) is 8.33. The summed E-state index contributed by atoms with van der Waals surface area (Å²) in [7, 11) is 0. The first-order valence-corrected chi connectivity index (χ1v) is 8.75.